The number of nitrogens with one attached hydrogen (secondary N) is 1. The van der Waals surface area contributed by atoms with Crippen molar-refractivity contribution >= 4 is 21.7 Å². The largest absolute Gasteiger partial charge is 0.480 e. The van der Waals surface area contributed by atoms with Crippen LogP contribution in [0.25, 0.3) is 0 Å². The Morgan fingerprint density at radius 3 is 2.17 bits per heavy atom. The van der Waals surface area contributed by atoms with E-state index in [1.807, 2.05) is 13.8 Å². The van der Waals surface area contributed by atoms with E-state index >= 15 is 0 Å². The molecule has 1 aromatic rings. The Bertz CT molecular complexity index is 685. The highest BCUT2D eigenvalue weighted by molar-refractivity contribution is 7.92. The summed E-state index contributed by atoms with van der Waals surface area (Å²) in [5.41, 5.74) is 0. The molecule has 0 radical (unpaired) electrons. The average molecular weight is 359 g/mol. The number of rotatable bonds is 8. The molecule has 0 aliphatic heterocycles. The fraction of sp³-hybridized carbons (Fsp3) is 0.500. The third-order valence-corrected chi connectivity index (χ3v) is 5.64. The van der Waals surface area contributed by atoms with Crippen LogP contribution in [-0.4, -0.2) is 36.7 Å². The van der Waals surface area contributed by atoms with Crippen molar-refractivity contribution in [2.45, 2.75) is 49.8 Å². The number of hydrogen-bond acceptors (Lipinski definition) is 4. The standard InChI is InChI=1S/C16H22FNO5S/c1-10(2)8-14(16(20)21)18-15(19)9-11(3)24(22,23)13-6-4-12(17)5-7-13/h4-7,10-11,14H,8-9H2,1-3H3,(H,18,19)(H,20,21)/t11?,14-/m0/s1. The van der Waals surface area contributed by atoms with Gasteiger partial charge in [0, 0.05) is 6.42 Å². The normalized spacial score (nSPS) is 14.2. The summed E-state index contributed by atoms with van der Waals surface area (Å²) in [5.74, 6) is -2.31. The van der Waals surface area contributed by atoms with Gasteiger partial charge in [-0.2, -0.15) is 0 Å². The van der Waals surface area contributed by atoms with E-state index in [1.165, 1.54) is 6.92 Å². The molecule has 0 aliphatic carbocycles. The summed E-state index contributed by atoms with van der Waals surface area (Å²) in [4.78, 5) is 23.0. The lowest BCUT2D eigenvalue weighted by Gasteiger charge is -2.18. The van der Waals surface area contributed by atoms with Gasteiger partial charge in [0.25, 0.3) is 0 Å². The third-order valence-electron chi connectivity index (χ3n) is 3.49. The predicted octanol–water partition coefficient (Wildman–Crippen LogP) is 1.99. The molecule has 2 N–H and O–H groups in total. The van der Waals surface area contributed by atoms with Crippen molar-refractivity contribution in [2.75, 3.05) is 0 Å². The molecule has 0 fully saturated rings. The first-order chi connectivity index (χ1) is 11.0. The highest BCUT2D eigenvalue weighted by Gasteiger charge is 2.28. The lowest BCUT2D eigenvalue weighted by molar-refractivity contribution is -0.142. The lowest BCUT2D eigenvalue weighted by atomic mass is 10.0. The summed E-state index contributed by atoms with van der Waals surface area (Å²) in [6, 6.07) is 3.28. The Balaban J connectivity index is 2.78. The van der Waals surface area contributed by atoms with Crippen LogP contribution < -0.4 is 5.32 Å². The second kappa shape index (κ2) is 8.23. The predicted molar refractivity (Wildman–Crippen MR) is 86.7 cm³/mol. The molecule has 6 nitrogen and oxygen atoms in total. The van der Waals surface area contributed by atoms with Crippen LogP contribution in [0.15, 0.2) is 29.2 Å². The van der Waals surface area contributed by atoms with E-state index in [4.69, 9.17) is 5.11 Å². The van der Waals surface area contributed by atoms with E-state index in [9.17, 15) is 22.4 Å². The Labute approximate surface area is 141 Å². The molecule has 0 spiro atoms. The van der Waals surface area contributed by atoms with Gasteiger partial charge in [-0.15, -0.1) is 0 Å². The van der Waals surface area contributed by atoms with E-state index in [0.717, 1.165) is 24.3 Å². The maximum Gasteiger partial charge on any atom is 0.326 e. The molecule has 1 rings (SSSR count). The molecule has 134 valence electrons. The van der Waals surface area contributed by atoms with Gasteiger partial charge in [-0.25, -0.2) is 17.6 Å². The lowest BCUT2D eigenvalue weighted by Crippen LogP contribution is -2.43. The van der Waals surface area contributed by atoms with Gasteiger partial charge in [-0.1, -0.05) is 13.8 Å². The number of benzene rings is 1. The van der Waals surface area contributed by atoms with Crippen LogP contribution in [0.5, 0.6) is 0 Å². The minimum atomic E-state index is -3.80. The summed E-state index contributed by atoms with van der Waals surface area (Å²) >= 11 is 0. The Morgan fingerprint density at radius 1 is 1.17 bits per heavy atom. The van der Waals surface area contributed by atoms with Crippen molar-refractivity contribution < 1.29 is 27.5 Å². The van der Waals surface area contributed by atoms with Gasteiger partial charge in [-0.3, -0.25) is 4.79 Å². The van der Waals surface area contributed by atoms with E-state index in [-0.39, 0.29) is 23.7 Å². The summed E-state index contributed by atoms with van der Waals surface area (Å²) in [6.45, 7) is 5.00. The zero-order valence-corrected chi connectivity index (χ0v) is 14.6. The molecular formula is C16H22FNO5S. The van der Waals surface area contributed by atoms with Crippen molar-refractivity contribution in [3.8, 4) is 0 Å². The van der Waals surface area contributed by atoms with Gasteiger partial charge in [0.05, 0.1) is 10.1 Å². The molecule has 24 heavy (non-hydrogen) atoms. The first-order valence-electron chi connectivity index (χ1n) is 7.55. The van der Waals surface area contributed by atoms with E-state index in [2.05, 4.69) is 5.32 Å². The van der Waals surface area contributed by atoms with Crippen LogP contribution in [0.1, 0.15) is 33.6 Å². The molecular weight excluding hydrogens is 337 g/mol. The maximum atomic E-state index is 12.9. The summed E-state index contributed by atoms with van der Waals surface area (Å²) in [6.07, 6.45) is -0.123. The second-order valence-corrected chi connectivity index (χ2v) is 8.47. The molecule has 0 saturated heterocycles. The Hall–Kier alpha value is -1.96. The number of hydrogen-bond donors (Lipinski definition) is 2. The van der Waals surface area contributed by atoms with Crippen molar-refractivity contribution in [1.29, 1.82) is 0 Å². The Morgan fingerprint density at radius 2 is 1.71 bits per heavy atom. The fourth-order valence-electron chi connectivity index (χ4n) is 2.17. The van der Waals surface area contributed by atoms with E-state index in [0.29, 0.717) is 0 Å². The molecule has 2 atom stereocenters. The van der Waals surface area contributed by atoms with Gasteiger partial charge in [0.1, 0.15) is 11.9 Å². The Kier molecular flexibility index (Phi) is 6.89. The number of amides is 1. The van der Waals surface area contributed by atoms with Crippen LogP contribution in [0.3, 0.4) is 0 Å². The zero-order chi connectivity index (χ0) is 18.5. The molecule has 1 unspecified atom stereocenters. The van der Waals surface area contributed by atoms with Gasteiger partial charge >= 0.3 is 5.97 Å². The molecule has 8 heteroatoms. The van der Waals surface area contributed by atoms with Crippen LogP contribution in [0, 0.1) is 11.7 Å². The fourth-order valence-corrected chi connectivity index (χ4v) is 3.52. The quantitative estimate of drug-likeness (QED) is 0.692. The van der Waals surface area contributed by atoms with Crippen LogP contribution in [-0.2, 0) is 19.4 Å². The van der Waals surface area contributed by atoms with Crippen molar-refractivity contribution in [3.63, 3.8) is 0 Å². The highest BCUT2D eigenvalue weighted by atomic mass is 32.2. The number of carboxylic acids is 1. The molecule has 0 saturated carbocycles. The number of carbonyl (C=O) groups excluding carboxylic acids is 1. The van der Waals surface area contributed by atoms with Crippen LogP contribution in [0.2, 0.25) is 0 Å². The van der Waals surface area contributed by atoms with Crippen molar-refractivity contribution in [2.24, 2.45) is 5.92 Å². The molecule has 1 aromatic carbocycles. The average Bonchev–Trinajstić information content (AvgIpc) is 2.46. The maximum absolute atomic E-state index is 12.9. The zero-order valence-electron chi connectivity index (χ0n) is 13.8. The number of sulfone groups is 1. The highest BCUT2D eigenvalue weighted by Crippen LogP contribution is 2.19. The molecule has 0 aromatic heterocycles. The summed E-state index contributed by atoms with van der Waals surface area (Å²) in [7, 11) is -3.80. The summed E-state index contributed by atoms with van der Waals surface area (Å²) < 4.78 is 37.6. The first kappa shape index (κ1) is 20.1. The molecule has 0 heterocycles. The monoisotopic (exact) mass is 359 g/mol. The van der Waals surface area contributed by atoms with Gasteiger partial charge in [-0.05, 0) is 43.5 Å². The number of aliphatic carboxylic acids is 1. The molecule has 0 aliphatic rings. The number of carbonyl (C=O) groups is 2. The van der Waals surface area contributed by atoms with E-state index in [1.54, 1.807) is 0 Å². The first-order valence-corrected chi connectivity index (χ1v) is 9.10. The molecule has 0 bridgehead atoms. The topological polar surface area (TPSA) is 101 Å². The second-order valence-electron chi connectivity index (χ2n) is 6.10. The number of halogens is 1. The van der Waals surface area contributed by atoms with Crippen LogP contribution >= 0.6 is 0 Å². The summed E-state index contributed by atoms with van der Waals surface area (Å²) in [5, 5.41) is 10.4. The molecule has 1 amide bonds. The minimum Gasteiger partial charge on any atom is -0.480 e. The SMILES string of the molecule is CC(C)C[C@H](NC(=O)CC(C)S(=O)(=O)c1ccc(F)cc1)C(=O)O. The minimum absolute atomic E-state index is 0.0618. The van der Waals surface area contributed by atoms with Gasteiger partial charge in [0.15, 0.2) is 9.84 Å². The van der Waals surface area contributed by atoms with Gasteiger partial charge < -0.3 is 10.4 Å². The van der Waals surface area contributed by atoms with Crippen molar-refractivity contribution in [1.82, 2.24) is 5.32 Å². The number of carboxylic acid groups (broad SMARTS) is 1. The van der Waals surface area contributed by atoms with Crippen molar-refractivity contribution in [3.05, 3.63) is 30.1 Å². The smallest absolute Gasteiger partial charge is 0.326 e. The van der Waals surface area contributed by atoms with Gasteiger partial charge in [0.2, 0.25) is 5.91 Å². The third kappa shape index (κ3) is 5.59. The van der Waals surface area contributed by atoms with E-state index < -0.39 is 38.8 Å². The van der Waals surface area contributed by atoms with Crippen LogP contribution in [0.4, 0.5) is 4.39 Å².